The van der Waals surface area contributed by atoms with Crippen LogP contribution >= 0.6 is 0 Å². The van der Waals surface area contributed by atoms with Crippen molar-refractivity contribution in [2.45, 2.75) is 40.5 Å². The molecule has 31 heavy (non-hydrogen) atoms. The van der Waals surface area contributed by atoms with Gasteiger partial charge in [-0.2, -0.15) is 0 Å². The molecule has 0 spiro atoms. The molecule has 1 aromatic carbocycles. The predicted octanol–water partition coefficient (Wildman–Crippen LogP) is 6.47. The van der Waals surface area contributed by atoms with Gasteiger partial charge < -0.3 is 19.2 Å². The van der Waals surface area contributed by atoms with Crippen molar-refractivity contribution in [2.75, 3.05) is 20.3 Å². The van der Waals surface area contributed by atoms with Crippen LogP contribution in [0.2, 0.25) is 0 Å². The summed E-state index contributed by atoms with van der Waals surface area (Å²) in [7, 11) is 1.65. The van der Waals surface area contributed by atoms with Crippen molar-refractivity contribution in [3.63, 3.8) is 0 Å². The molecule has 2 aromatic rings. The number of nitrogens with one attached hydrogen (secondary N) is 1. The van der Waals surface area contributed by atoms with Crippen molar-refractivity contribution in [2.24, 2.45) is 0 Å². The van der Waals surface area contributed by atoms with Gasteiger partial charge >= 0.3 is 5.97 Å². The molecule has 5 heteroatoms. The van der Waals surface area contributed by atoms with Crippen molar-refractivity contribution < 1.29 is 19.0 Å². The molecule has 0 amide bonds. The standard InChI is InChI=1S/C26H33NO4/c1-7-11-20(31-16-8-2)15-14-18(4)24-22(17-27-25(24)26(28)30-9-3)21-12-10-13-23(29-6)19(21)5/h10-15,17,27H,4,7-9,16H2,1-3,5-6H3/b15-14-,20-11+. The summed E-state index contributed by atoms with van der Waals surface area (Å²) in [6.07, 6.45) is 9.41. The Kier molecular flexibility index (Phi) is 9.19. The number of benzene rings is 1. The number of carbonyl (C=O) groups is 1. The number of hydrogen-bond acceptors (Lipinski definition) is 4. The molecule has 1 N–H and O–H groups in total. The zero-order valence-electron chi connectivity index (χ0n) is 19.2. The zero-order chi connectivity index (χ0) is 22.8. The normalized spacial score (nSPS) is 11.6. The smallest absolute Gasteiger partial charge is 0.355 e. The fourth-order valence-electron chi connectivity index (χ4n) is 3.32. The molecule has 0 aliphatic carbocycles. The minimum absolute atomic E-state index is 0.293. The Morgan fingerprint density at radius 1 is 1.13 bits per heavy atom. The lowest BCUT2D eigenvalue weighted by Crippen LogP contribution is -2.07. The van der Waals surface area contributed by atoms with E-state index in [1.54, 1.807) is 14.0 Å². The number of H-pyrrole nitrogens is 1. The molecule has 0 saturated heterocycles. The first-order chi connectivity index (χ1) is 15.0. The maximum atomic E-state index is 12.6. The lowest BCUT2D eigenvalue weighted by atomic mass is 9.94. The van der Waals surface area contributed by atoms with Gasteiger partial charge in [0.25, 0.3) is 0 Å². The number of rotatable bonds is 11. The van der Waals surface area contributed by atoms with Crippen LogP contribution in [-0.2, 0) is 9.47 Å². The van der Waals surface area contributed by atoms with E-state index in [1.165, 1.54) is 0 Å². The van der Waals surface area contributed by atoms with E-state index in [4.69, 9.17) is 14.2 Å². The molecule has 0 saturated carbocycles. The third-order valence-electron chi connectivity index (χ3n) is 4.80. The van der Waals surface area contributed by atoms with E-state index in [1.807, 2.05) is 49.5 Å². The summed E-state index contributed by atoms with van der Waals surface area (Å²) in [6, 6.07) is 5.85. The predicted molar refractivity (Wildman–Crippen MR) is 126 cm³/mol. The Morgan fingerprint density at radius 3 is 2.55 bits per heavy atom. The van der Waals surface area contributed by atoms with Crippen molar-refractivity contribution in [1.82, 2.24) is 4.98 Å². The molecule has 5 nitrogen and oxygen atoms in total. The summed E-state index contributed by atoms with van der Waals surface area (Å²) in [5, 5.41) is 0. The van der Waals surface area contributed by atoms with E-state index in [0.29, 0.717) is 30.0 Å². The van der Waals surface area contributed by atoms with Crippen LogP contribution in [-0.4, -0.2) is 31.3 Å². The fraction of sp³-hybridized carbons (Fsp3) is 0.346. The number of aromatic amines is 1. The van der Waals surface area contributed by atoms with Gasteiger partial charge in [0.05, 0.1) is 20.3 Å². The summed E-state index contributed by atoms with van der Waals surface area (Å²) in [6.45, 7) is 13.1. The Morgan fingerprint density at radius 2 is 1.90 bits per heavy atom. The number of carbonyl (C=O) groups excluding carboxylic acids is 1. The van der Waals surface area contributed by atoms with Crippen LogP contribution in [0.4, 0.5) is 0 Å². The Labute approximate surface area is 185 Å². The fourth-order valence-corrected chi connectivity index (χ4v) is 3.32. The maximum absolute atomic E-state index is 12.6. The number of hydrogen-bond donors (Lipinski definition) is 1. The van der Waals surface area contributed by atoms with Crippen LogP contribution in [0.1, 0.15) is 55.2 Å². The molecule has 0 bridgehead atoms. The summed E-state index contributed by atoms with van der Waals surface area (Å²) < 4.78 is 16.5. The first-order valence-corrected chi connectivity index (χ1v) is 10.7. The van der Waals surface area contributed by atoms with E-state index < -0.39 is 5.97 Å². The topological polar surface area (TPSA) is 60.5 Å². The van der Waals surface area contributed by atoms with E-state index in [2.05, 4.69) is 25.4 Å². The highest BCUT2D eigenvalue weighted by Gasteiger charge is 2.22. The average Bonchev–Trinajstić information content (AvgIpc) is 3.21. The molecule has 1 aromatic heterocycles. The molecule has 0 aliphatic heterocycles. The molecule has 166 valence electrons. The van der Waals surface area contributed by atoms with Gasteiger partial charge in [-0.1, -0.05) is 38.6 Å². The average molecular weight is 424 g/mol. The first-order valence-electron chi connectivity index (χ1n) is 10.7. The largest absolute Gasteiger partial charge is 0.496 e. The van der Waals surface area contributed by atoms with Gasteiger partial charge in [-0.3, -0.25) is 0 Å². The van der Waals surface area contributed by atoms with Crippen molar-refractivity contribution in [3.8, 4) is 16.9 Å². The van der Waals surface area contributed by atoms with Gasteiger partial charge in [-0.05, 0) is 61.6 Å². The van der Waals surface area contributed by atoms with Crippen LogP contribution in [0.25, 0.3) is 16.7 Å². The molecule has 1 heterocycles. The van der Waals surface area contributed by atoms with E-state index in [0.717, 1.165) is 41.0 Å². The lowest BCUT2D eigenvalue weighted by Gasteiger charge is -2.13. The van der Waals surface area contributed by atoms with Gasteiger partial charge in [0.1, 0.15) is 17.2 Å². The second kappa shape index (κ2) is 11.8. The Bertz CT molecular complexity index is 966. The molecule has 0 unspecified atom stereocenters. The van der Waals surface area contributed by atoms with Gasteiger partial charge in [0.15, 0.2) is 0 Å². The monoisotopic (exact) mass is 423 g/mol. The minimum Gasteiger partial charge on any atom is -0.496 e. The number of allylic oxidation sites excluding steroid dienone is 4. The Balaban J connectivity index is 2.54. The maximum Gasteiger partial charge on any atom is 0.355 e. The molecular weight excluding hydrogens is 390 g/mol. The van der Waals surface area contributed by atoms with E-state index in [9.17, 15) is 4.79 Å². The second-order valence-corrected chi connectivity index (χ2v) is 7.03. The second-order valence-electron chi connectivity index (χ2n) is 7.03. The van der Waals surface area contributed by atoms with E-state index >= 15 is 0 Å². The highest BCUT2D eigenvalue weighted by molar-refractivity contribution is 6.00. The summed E-state index contributed by atoms with van der Waals surface area (Å²) in [5.74, 6) is 1.16. The first kappa shape index (κ1) is 24.1. The quantitative estimate of drug-likeness (QED) is 0.256. The molecule has 0 atom stereocenters. The number of ether oxygens (including phenoxy) is 3. The number of aromatic nitrogens is 1. The number of esters is 1. The zero-order valence-corrected chi connectivity index (χ0v) is 19.2. The molecule has 2 rings (SSSR count). The molecule has 0 aliphatic rings. The van der Waals surface area contributed by atoms with Crippen LogP contribution < -0.4 is 4.74 Å². The summed E-state index contributed by atoms with van der Waals surface area (Å²) in [5.41, 5.74) is 4.58. The lowest BCUT2D eigenvalue weighted by molar-refractivity contribution is 0.0520. The Hall–Kier alpha value is -3.21. The van der Waals surface area contributed by atoms with Gasteiger partial charge in [-0.15, -0.1) is 0 Å². The minimum atomic E-state index is -0.412. The van der Waals surface area contributed by atoms with E-state index in [-0.39, 0.29) is 0 Å². The van der Waals surface area contributed by atoms with Crippen molar-refractivity contribution >= 4 is 11.5 Å². The summed E-state index contributed by atoms with van der Waals surface area (Å²) >= 11 is 0. The van der Waals surface area contributed by atoms with Crippen LogP contribution in [0.3, 0.4) is 0 Å². The van der Waals surface area contributed by atoms with Gasteiger partial charge in [0.2, 0.25) is 0 Å². The SMILES string of the molecule is C=C(/C=C\C(=C/CC)OCCC)c1c(-c2cccc(OC)c2C)c[nH]c1C(=O)OCC. The molecule has 0 radical (unpaired) electrons. The number of methoxy groups -OCH3 is 1. The van der Waals surface area contributed by atoms with Crippen LogP contribution in [0.5, 0.6) is 5.75 Å². The third-order valence-corrected chi connectivity index (χ3v) is 4.80. The van der Waals surface area contributed by atoms with Crippen LogP contribution in [0.15, 0.2) is 55.0 Å². The highest BCUT2D eigenvalue weighted by Crippen LogP contribution is 2.37. The molecular formula is C26H33NO4. The van der Waals surface area contributed by atoms with Crippen molar-refractivity contribution in [3.05, 3.63) is 71.8 Å². The van der Waals surface area contributed by atoms with Crippen LogP contribution in [0, 0.1) is 6.92 Å². The van der Waals surface area contributed by atoms with Crippen molar-refractivity contribution in [1.29, 1.82) is 0 Å². The highest BCUT2D eigenvalue weighted by atomic mass is 16.5. The van der Waals surface area contributed by atoms with Gasteiger partial charge in [0, 0.05) is 17.3 Å². The third kappa shape index (κ3) is 5.91. The summed E-state index contributed by atoms with van der Waals surface area (Å²) in [4.78, 5) is 15.7. The van der Waals surface area contributed by atoms with Gasteiger partial charge in [-0.25, -0.2) is 4.79 Å². The molecule has 0 fully saturated rings.